The van der Waals surface area contributed by atoms with Crippen LogP contribution in [0.1, 0.15) is 102 Å². The third-order valence-electron chi connectivity index (χ3n) is 12.1. The minimum atomic E-state index is -0.740. The highest BCUT2D eigenvalue weighted by Crippen LogP contribution is 2.39. The third-order valence-corrected chi connectivity index (χ3v) is 13.3. The number of amides is 5. The smallest absolute Gasteiger partial charge is 0.255 e. The number of aromatic nitrogens is 2. The number of aliphatic hydroxyl groups is 1. The number of nitrogens with one attached hydrogen (secondary N) is 5. The maximum atomic E-state index is 13.1. The molecule has 346 valence electrons. The van der Waals surface area contributed by atoms with Gasteiger partial charge in [0, 0.05) is 60.2 Å². The molecule has 7 rings (SSSR count). The number of anilines is 5. The molecule has 0 aliphatic carbocycles. The Morgan fingerprint density at radius 1 is 1.00 bits per heavy atom. The first kappa shape index (κ1) is 47.2. The molecular weight excluding hydrogens is 872 g/mol. The van der Waals surface area contributed by atoms with Crippen LogP contribution in [0.25, 0.3) is 0 Å². The molecule has 3 aliphatic heterocycles. The van der Waals surface area contributed by atoms with E-state index in [2.05, 4.69) is 36.5 Å². The van der Waals surface area contributed by atoms with Gasteiger partial charge in [0.15, 0.2) is 5.82 Å². The van der Waals surface area contributed by atoms with Crippen LogP contribution < -0.4 is 41.1 Å². The molecule has 65 heavy (non-hydrogen) atoms. The van der Waals surface area contributed by atoms with Gasteiger partial charge in [-0.2, -0.15) is 4.98 Å². The molecule has 0 bridgehead atoms. The van der Waals surface area contributed by atoms with E-state index in [1.165, 1.54) is 16.2 Å². The van der Waals surface area contributed by atoms with Crippen molar-refractivity contribution in [2.24, 2.45) is 0 Å². The summed E-state index contributed by atoms with van der Waals surface area (Å²) in [5.41, 5.74) is 3.50. The van der Waals surface area contributed by atoms with E-state index in [1.807, 2.05) is 26.1 Å². The summed E-state index contributed by atoms with van der Waals surface area (Å²) in [5.74, 6) is 0.101. The van der Waals surface area contributed by atoms with Crippen molar-refractivity contribution < 1.29 is 33.8 Å². The Kier molecular flexibility index (Phi) is 15.9. The molecule has 0 spiro atoms. The van der Waals surface area contributed by atoms with Crippen molar-refractivity contribution >= 4 is 81.3 Å². The van der Waals surface area contributed by atoms with Crippen LogP contribution in [-0.2, 0) is 27.5 Å². The molecule has 1 saturated heterocycles. The molecular formula is C46H57ClN10O7S. The van der Waals surface area contributed by atoms with E-state index in [0.717, 1.165) is 56.5 Å². The van der Waals surface area contributed by atoms with Crippen LogP contribution in [0.4, 0.5) is 28.8 Å². The normalized spacial score (nSPS) is 18.0. The zero-order valence-corrected chi connectivity index (χ0v) is 38.5. The molecule has 1 fully saturated rings. The quantitative estimate of drug-likeness (QED) is 0.0422. The first-order chi connectivity index (χ1) is 31.4. The summed E-state index contributed by atoms with van der Waals surface area (Å²) in [5, 5.41) is 26.1. The van der Waals surface area contributed by atoms with E-state index in [9.17, 15) is 29.1 Å². The van der Waals surface area contributed by atoms with Crippen LogP contribution in [0.2, 0.25) is 4.34 Å². The molecule has 3 atom stereocenters. The standard InChI is InChI=1S/C46H57ClN10O7S/c1-4-34-45(63)55(2)36-25-50-46(54-41(36)56(34)26-29-16-19-38(47)65-29)52-33-17-15-28(24-37(33)64-3)42(60)49-23-11-22-48-21-9-7-5-6-8-14-39(58)51-32-13-10-12-30-31(32)27-57(44(30)62)35-18-20-40(59)53-43(35)61/h10,12-13,15-17,19,24-25,34-35,45,48,63H,4-9,11,14,18,20-23,26-27H2,1-3H3,(H,49,60)(H,51,58)(H,50,52,54)(H,53,59,61)/t34-,35?,45?/m1/s1. The van der Waals surface area contributed by atoms with Gasteiger partial charge in [0.05, 0.1) is 35.9 Å². The lowest BCUT2D eigenvalue weighted by Gasteiger charge is -2.45. The number of unbranched alkanes of at least 4 members (excludes halogenated alkanes) is 4. The topological polar surface area (TPSA) is 210 Å². The van der Waals surface area contributed by atoms with E-state index in [-0.39, 0.29) is 49.1 Å². The Morgan fingerprint density at radius 2 is 1.80 bits per heavy atom. The Morgan fingerprint density at radius 3 is 2.57 bits per heavy atom. The number of methoxy groups -OCH3 is 1. The molecule has 19 heteroatoms. The number of fused-ring (bicyclic) bond motifs is 2. The van der Waals surface area contributed by atoms with E-state index in [4.69, 9.17) is 21.3 Å². The van der Waals surface area contributed by atoms with Gasteiger partial charge >= 0.3 is 0 Å². The van der Waals surface area contributed by atoms with Crippen molar-refractivity contribution in [2.75, 3.05) is 54.2 Å². The van der Waals surface area contributed by atoms with Crippen molar-refractivity contribution in [3.8, 4) is 5.75 Å². The Bertz CT molecular complexity index is 2380. The summed E-state index contributed by atoms with van der Waals surface area (Å²) >= 11 is 7.73. The molecule has 0 saturated carbocycles. The summed E-state index contributed by atoms with van der Waals surface area (Å²) in [4.78, 5) is 78.8. The lowest BCUT2D eigenvalue weighted by Crippen LogP contribution is -2.55. The fourth-order valence-electron chi connectivity index (χ4n) is 8.51. The second-order valence-corrected chi connectivity index (χ2v) is 18.2. The van der Waals surface area contributed by atoms with Crippen molar-refractivity contribution in [1.82, 2.24) is 30.8 Å². The number of nitrogens with zero attached hydrogens (tertiary/aromatic N) is 5. The molecule has 2 aromatic heterocycles. The summed E-state index contributed by atoms with van der Waals surface area (Å²) in [7, 11) is 3.38. The number of aliphatic hydroxyl groups excluding tert-OH is 1. The second-order valence-electron chi connectivity index (χ2n) is 16.4. The molecule has 6 N–H and O–H groups in total. The number of carbonyl (C=O) groups is 5. The Labute approximate surface area is 387 Å². The Hall–Kier alpha value is -5.82. The maximum Gasteiger partial charge on any atom is 0.255 e. The van der Waals surface area contributed by atoms with Crippen LogP contribution in [0.15, 0.2) is 54.7 Å². The largest absolute Gasteiger partial charge is 0.495 e. The molecule has 0 radical (unpaired) electrons. The van der Waals surface area contributed by atoms with Crippen molar-refractivity contribution in [1.29, 1.82) is 0 Å². The number of carbonyl (C=O) groups excluding carboxylic acids is 5. The zero-order valence-electron chi connectivity index (χ0n) is 37.0. The van der Waals surface area contributed by atoms with Crippen LogP contribution >= 0.6 is 22.9 Å². The number of halogens is 1. The monoisotopic (exact) mass is 928 g/mol. The predicted octanol–water partition coefficient (Wildman–Crippen LogP) is 5.95. The van der Waals surface area contributed by atoms with Crippen molar-refractivity contribution in [2.45, 2.75) is 103 Å². The molecule has 2 unspecified atom stereocenters. The minimum absolute atomic E-state index is 0.116. The Balaban J connectivity index is 0.776. The van der Waals surface area contributed by atoms with Gasteiger partial charge in [-0.1, -0.05) is 43.9 Å². The first-order valence-corrected chi connectivity index (χ1v) is 23.4. The molecule has 3 aliphatic rings. The average Bonchev–Trinajstić information content (AvgIpc) is 3.87. The molecule has 17 nitrogen and oxygen atoms in total. The summed E-state index contributed by atoms with van der Waals surface area (Å²) in [6.45, 7) is 4.91. The lowest BCUT2D eigenvalue weighted by atomic mass is 10.0. The van der Waals surface area contributed by atoms with Crippen molar-refractivity contribution in [3.05, 3.63) is 80.6 Å². The SMILES string of the molecule is CC[C@@H]1C(O)N(C)c2cnc(Nc3ccc(C(=O)NCCCNCCCCCCCC(=O)Nc4cccc5c4CN(C4CCC(=O)NC4=O)C5=O)cc3OC)nc2N1Cc1ccc(Cl)s1. The fourth-order valence-corrected chi connectivity index (χ4v) is 9.60. The van der Waals surface area contributed by atoms with Crippen molar-refractivity contribution in [3.63, 3.8) is 0 Å². The lowest BCUT2D eigenvalue weighted by molar-refractivity contribution is -0.137. The number of hydrogen-bond donors (Lipinski definition) is 6. The molecule has 4 aromatic rings. The number of imide groups is 1. The van der Waals surface area contributed by atoms with Crippen LogP contribution in [0.5, 0.6) is 5.75 Å². The van der Waals surface area contributed by atoms with E-state index in [1.54, 1.807) is 54.6 Å². The number of hydrogen-bond acceptors (Lipinski definition) is 14. The van der Waals surface area contributed by atoms with Gasteiger partial charge in [-0.3, -0.25) is 29.3 Å². The van der Waals surface area contributed by atoms with E-state index < -0.39 is 18.2 Å². The highest BCUT2D eigenvalue weighted by molar-refractivity contribution is 7.16. The van der Waals surface area contributed by atoms with Gasteiger partial charge in [0.25, 0.3) is 11.8 Å². The fraction of sp³-hybridized carbons (Fsp3) is 0.457. The van der Waals surface area contributed by atoms with Gasteiger partial charge in [0.2, 0.25) is 23.7 Å². The number of likely N-dealkylation sites (N-methyl/N-ethyl adjacent to an activating group) is 1. The number of ether oxygens (including phenoxy) is 1. The van der Waals surface area contributed by atoms with Gasteiger partial charge in [-0.15, -0.1) is 11.3 Å². The van der Waals surface area contributed by atoms with Gasteiger partial charge < -0.3 is 45.8 Å². The number of piperidine rings is 1. The molecule has 5 heterocycles. The first-order valence-electron chi connectivity index (χ1n) is 22.2. The van der Waals surface area contributed by atoms with Gasteiger partial charge in [-0.25, -0.2) is 4.98 Å². The summed E-state index contributed by atoms with van der Waals surface area (Å²) in [6, 6.07) is 13.3. The summed E-state index contributed by atoms with van der Waals surface area (Å²) < 4.78 is 6.36. The van der Waals surface area contributed by atoms with Gasteiger partial charge in [0.1, 0.15) is 23.7 Å². The minimum Gasteiger partial charge on any atom is -0.495 e. The van der Waals surface area contributed by atoms with Crippen LogP contribution in [0, 0.1) is 0 Å². The third kappa shape index (κ3) is 11.4. The van der Waals surface area contributed by atoms with Crippen LogP contribution in [0.3, 0.4) is 0 Å². The van der Waals surface area contributed by atoms with Crippen LogP contribution in [-0.4, -0.2) is 102 Å². The average molecular weight is 930 g/mol. The number of thiophene rings is 1. The summed E-state index contributed by atoms with van der Waals surface area (Å²) in [6.07, 6.45) is 7.97. The zero-order chi connectivity index (χ0) is 46.0. The highest BCUT2D eigenvalue weighted by atomic mass is 35.5. The van der Waals surface area contributed by atoms with E-state index in [0.29, 0.717) is 81.5 Å². The second kappa shape index (κ2) is 21.9. The molecule has 2 aromatic carbocycles. The van der Waals surface area contributed by atoms with E-state index >= 15 is 0 Å². The number of benzene rings is 2. The van der Waals surface area contributed by atoms with Gasteiger partial charge in [-0.05, 0) is 87.7 Å². The maximum absolute atomic E-state index is 13.1. The predicted molar refractivity (Wildman–Crippen MR) is 251 cm³/mol. The highest BCUT2D eigenvalue weighted by Gasteiger charge is 2.40. The molecule has 5 amide bonds. The number of rotatable bonds is 21.